The van der Waals surface area contributed by atoms with Gasteiger partial charge in [-0.15, -0.1) is 0 Å². The maximum absolute atomic E-state index is 12.5. The third-order valence-corrected chi connectivity index (χ3v) is 3.61. The van der Waals surface area contributed by atoms with Crippen molar-refractivity contribution in [3.8, 4) is 0 Å². The van der Waals surface area contributed by atoms with Crippen LogP contribution in [0.5, 0.6) is 0 Å². The number of amides is 1. The number of carbonyl (C=O) groups excluding carboxylic acids is 1. The Bertz CT molecular complexity index is 498. The topological polar surface area (TPSA) is 90.7 Å². The highest BCUT2D eigenvalue weighted by atomic mass is 16.4. The van der Waals surface area contributed by atoms with Gasteiger partial charge in [-0.05, 0) is 25.0 Å². The van der Waals surface area contributed by atoms with E-state index in [1.54, 1.807) is 4.90 Å². The van der Waals surface area contributed by atoms with Crippen molar-refractivity contribution >= 4 is 11.9 Å². The Labute approximate surface area is 117 Å². The van der Waals surface area contributed by atoms with E-state index in [4.69, 9.17) is 10.2 Å². The standard InChI is InChI=1S/C14H18N2O4/c17-9-8-16(10-4-1-2-5-10)13(18)12-11(14(19)20)6-3-7-15-12/h3,6-7,10,17H,1-2,4-5,8-9H2,(H,19,20). The maximum atomic E-state index is 12.5. The first-order valence-electron chi connectivity index (χ1n) is 6.75. The Morgan fingerprint density at radius 3 is 2.65 bits per heavy atom. The summed E-state index contributed by atoms with van der Waals surface area (Å²) in [5, 5.41) is 18.3. The molecular formula is C14H18N2O4. The van der Waals surface area contributed by atoms with Crippen LogP contribution in [0.4, 0.5) is 0 Å². The van der Waals surface area contributed by atoms with Gasteiger partial charge in [-0.2, -0.15) is 0 Å². The minimum Gasteiger partial charge on any atom is -0.478 e. The van der Waals surface area contributed by atoms with E-state index in [1.807, 2.05) is 0 Å². The number of aliphatic hydroxyl groups is 1. The van der Waals surface area contributed by atoms with E-state index in [0.717, 1.165) is 25.7 Å². The van der Waals surface area contributed by atoms with E-state index >= 15 is 0 Å². The maximum Gasteiger partial charge on any atom is 0.338 e. The van der Waals surface area contributed by atoms with Crippen molar-refractivity contribution in [1.29, 1.82) is 0 Å². The van der Waals surface area contributed by atoms with Crippen molar-refractivity contribution in [2.45, 2.75) is 31.7 Å². The molecule has 1 heterocycles. The average Bonchev–Trinajstić information content (AvgIpc) is 2.98. The molecule has 1 fully saturated rings. The molecule has 6 heteroatoms. The highest BCUT2D eigenvalue weighted by Crippen LogP contribution is 2.25. The first-order valence-corrected chi connectivity index (χ1v) is 6.75. The summed E-state index contributed by atoms with van der Waals surface area (Å²) < 4.78 is 0. The summed E-state index contributed by atoms with van der Waals surface area (Å²) in [6.07, 6.45) is 5.29. The van der Waals surface area contributed by atoms with Crippen LogP contribution in [0.25, 0.3) is 0 Å². The fourth-order valence-corrected chi connectivity index (χ4v) is 2.66. The van der Waals surface area contributed by atoms with E-state index in [9.17, 15) is 9.59 Å². The molecule has 0 aromatic carbocycles. The summed E-state index contributed by atoms with van der Waals surface area (Å²) in [7, 11) is 0. The lowest BCUT2D eigenvalue weighted by Crippen LogP contribution is -2.41. The average molecular weight is 278 g/mol. The van der Waals surface area contributed by atoms with Gasteiger partial charge in [0.25, 0.3) is 5.91 Å². The summed E-state index contributed by atoms with van der Waals surface area (Å²) in [4.78, 5) is 29.2. The van der Waals surface area contributed by atoms with E-state index in [1.165, 1.54) is 18.3 Å². The lowest BCUT2D eigenvalue weighted by Gasteiger charge is -2.28. The van der Waals surface area contributed by atoms with Crippen LogP contribution in [0, 0.1) is 0 Å². The summed E-state index contributed by atoms with van der Waals surface area (Å²) in [6.45, 7) is 0.0661. The second-order valence-electron chi connectivity index (χ2n) is 4.87. The molecule has 1 aliphatic rings. The smallest absolute Gasteiger partial charge is 0.338 e. The van der Waals surface area contributed by atoms with Crippen molar-refractivity contribution < 1.29 is 19.8 Å². The zero-order valence-electron chi connectivity index (χ0n) is 11.2. The van der Waals surface area contributed by atoms with Gasteiger partial charge in [0.2, 0.25) is 0 Å². The molecule has 1 amide bonds. The molecule has 1 aliphatic carbocycles. The zero-order valence-corrected chi connectivity index (χ0v) is 11.2. The number of pyridine rings is 1. The molecule has 2 N–H and O–H groups in total. The number of aromatic carboxylic acids is 1. The number of hydrogen-bond acceptors (Lipinski definition) is 4. The lowest BCUT2D eigenvalue weighted by molar-refractivity contribution is 0.0610. The van der Waals surface area contributed by atoms with E-state index in [2.05, 4.69) is 4.98 Å². The molecule has 0 aliphatic heterocycles. The molecule has 108 valence electrons. The van der Waals surface area contributed by atoms with Crippen LogP contribution in [0.2, 0.25) is 0 Å². The van der Waals surface area contributed by atoms with Crippen LogP contribution in [-0.4, -0.2) is 51.2 Å². The van der Waals surface area contributed by atoms with Crippen molar-refractivity contribution in [3.05, 3.63) is 29.6 Å². The van der Waals surface area contributed by atoms with Gasteiger partial charge in [-0.1, -0.05) is 12.8 Å². The largest absolute Gasteiger partial charge is 0.478 e. The highest BCUT2D eigenvalue weighted by Gasteiger charge is 2.30. The van der Waals surface area contributed by atoms with Gasteiger partial charge in [0.1, 0.15) is 5.69 Å². The minimum atomic E-state index is -1.17. The number of nitrogens with zero attached hydrogens (tertiary/aromatic N) is 2. The van der Waals surface area contributed by atoms with Crippen LogP contribution in [-0.2, 0) is 0 Å². The Kier molecular flexibility index (Phi) is 4.68. The summed E-state index contributed by atoms with van der Waals surface area (Å²) in [6, 6.07) is 2.93. The number of rotatable bonds is 5. The first kappa shape index (κ1) is 14.5. The highest BCUT2D eigenvalue weighted by molar-refractivity contribution is 6.03. The van der Waals surface area contributed by atoms with Gasteiger partial charge in [0.15, 0.2) is 0 Å². The molecule has 1 saturated carbocycles. The van der Waals surface area contributed by atoms with Crippen molar-refractivity contribution in [2.24, 2.45) is 0 Å². The molecule has 0 radical (unpaired) electrons. The van der Waals surface area contributed by atoms with Crippen LogP contribution >= 0.6 is 0 Å². The van der Waals surface area contributed by atoms with Gasteiger partial charge in [0.05, 0.1) is 12.2 Å². The van der Waals surface area contributed by atoms with Gasteiger partial charge in [0, 0.05) is 18.8 Å². The van der Waals surface area contributed by atoms with Gasteiger partial charge in [-0.25, -0.2) is 4.79 Å². The number of aromatic nitrogens is 1. The fraction of sp³-hybridized carbons (Fsp3) is 0.500. The second-order valence-corrected chi connectivity index (χ2v) is 4.87. The number of aliphatic hydroxyl groups excluding tert-OH is 1. The second kappa shape index (κ2) is 6.47. The third-order valence-electron chi connectivity index (χ3n) is 3.61. The van der Waals surface area contributed by atoms with Crippen LogP contribution in [0.15, 0.2) is 18.3 Å². The summed E-state index contributed by atoms with van der Waals surface area (Å²) in [5.74, 6) is -1.58. The minimum absolute atomic E-state index is 0.0552. The molecule has 0 saturated heterocycles. The number of carboxylic acids is 1. The van der Waals surface area contributed by atoms with Gasteiger partial charge < -0.3 is 15.1 Å². The Hall–Kier alpha value is -1.95. The fourth-order valence-electron chi connectivity index (χ4n) is 2.66. The molecule has 1 aromatic heterocycles. The SMILES string of the molecule is O=C(O)c1cccnc1C(=O)N(CCO)C1CCCC1. The molecular weight excluding hydrogens is 260 g/mol. The number of hydrogen-bond donors (Lipinski definition) is 2. The van der Waals surface area contributed by atoms with Crippen molar-refractivity contribution in [2.75, 3.05) is 13.2 Å². The Morgan fingerprint density at radius 2 is 2.05 bits per heavy atom. The van der Waals surface area contributed by atoms with Crippen LogP contribution in [0.3, 0.4) is 0 Å². The normalized spacial score (nSPS) is 15.2. The molecule has 0 unspecified atom stereocenters. The van der Waals surface area contributed by atoms with E-state index in [-0.39, 0.29) is 30.5 Å². The van der Waals surface area contributed by atoms with Crippen molar-refractivity contribution in [1.82, 2.24) is 9.88 Å². The Morgan fingerprint density at radius 1 is 1.35 bits per heavy atom. The van der Waals surface area contributed by atoms with Gasteiger partial charge in [-0.3, -0.25) is 9.78 Å². The molecule has 1 aromatic rings. The quantitative estimate of drug-likeness (QED) is 0.843. The van der Waals surface area contributed by atoms with E-state index in [0.29, 0.717) is 0 Å². The molecule has 0 spiro atoms. The zero-order chi connectivity index (χ0) is 14.5. The van der Waals surface area contributed by atoms with E-state index < -0.39 is 11.9 Å². The monoisotopic (exact) mass is 278 g/mol. The molecule has 20 heavy (non-hydrogen) atoms. The summed E-state index contributed by atoms with van der Waals surface area (Å²) in [5.41, 5.74) is -0.154. The van der Waals surface area contributed by atoms with Crippen molar-refractivity contribution in [3.63, 3.8) is 0 Å². The first-order chi connectivity index (χ1) is 9.65. The number of carbonyl (C=O) groups is 2. The molecule has 0 bridgehead atoms. The van der Waals surface area contributed by atoms with Crippen LogP contribution in [0.1, 0.15) is 46.5 Å². The predicted molar refractivity (Wildman–Crippen MR) is 71.6 cm³/mol. The summed E-state index contributed by atoms with van der Waals surface area (Å²) >= 11 is 0. The third kappa shape index (κ3) is 2.96. The molecule has 2 rings (SSSR count). The molecule has 6 nitrogen and oxygen atoms in total. The molecule has 0 atom stereocenters. The van der Waals surface area contributed by atoms with Crippen LogP contribution < -0.4 is 0 Å². The number of carboxylic acid groups (broad SMARTS) is 1. The Balaban J connectivity index is 2.29. The predicted octanol–water partition coefficient (Wildman–Crippen LogP) is 1.16. The lowest BCUT2D eigenvalue weighted by atomic mass is 10.1. The van der Waals surface area contributed by atoms with Gasteiger partial charge >= 0.3 is 5.97 Å².